The summed E-state index contributed by atoms with van der Waals surface area (Å²) in [4.78, 5) is 13.5. The number of ether oxygens (including phenoxy) is 3. The molecule has 1 atom stereocenters. The number of methoxy groups -OCH3 is 1. The van der Waals surface area contributed by atoms with Crippen LogP contribution in [0.2, 0.25) is 0 Å². The van der Waals surface area contributed by atoms with Crippen LogP contribution in [0.25, 0.3) is 0 Å². The highest BCUT2D eigenvalue weighted by Crippen LogP contribution is 2.09. The fourth-order valence-corrected chi connectivity index (χ4v) is 1.91. The maximum atomic E-state index is 11.1. The largest absolute Gasteiger partial charge is 0.469 e. The predicted molar refractivity (Wildman–Crippen MR) is 63.9 cm³/mol. The molecule has 100 valence electrons. The summed E-state index contributed by atoms with van der Waals surface area (Å²) in [6.07, 6.45) is 1.35. The van der Waals surface area contributed by atoms with Crippen LogP contribution >= 0.6 is 0 Å². The molecule has 0 radical (unpaired) electrons. The zero-order chi connectivity index (χ0) is 12.5. The van der Waals surface area contributed by atoms with Crippen molar-refractivity contribution in [3.8, 4) is 0 Å². The number of hydrogen-bond donors (Lipinski definition) is 0. The van der Waals surface area contributed by atoms with Crippen molar-refractivity contribution in [2.75, 3.05) is 46.6 Å². The van der Waals surface area contributed by atoms with Gasteiger partial charge in [-0.25, -0.2) is 0 Å². The van der Waals surface area contributed by atoms with Crippen LogP contribution in [0.15, 0.2) is 0 Å². The average Bonchev–Trinajstić information content (AvgIpc) is 2.35. The van der Waals surface area contributed by atoms with Gasteiger partial charge in [-0.1, -0.05) is 0 Å². The second kappa shape index (κ2) is 8.44. The third kappa shape index (κ3) is 6.00. The quantitative estimate of drug-likeness (QED) is 0.487. The van der Waals surface area contributed by atoms with E-state index in [0.29, 0.717) is 13.0 Å². The molecule has 5 nitrogen and oxygen atoms in total. The Morgan fingerprint density at radius 3 is 3.06 bits per heavy atom. The van der Waals surface area contributed by atoms with Crippen molar-refractivity contribution in [1.29, 1.82) is 0 Å². The molecule has 5 heteroatoms. The van der Waals surface area contributed by atoms with Crippen molar-refractivity contribution in [3.63, 3.8) is 0 Å². The minimum atomic E-state index is -0.203. The highest BCUT2D eigenvalue weighted by molar-refractivity contribution is 5.69. The Hall–Kier alpha value is -0.650. The third-order valence-corrected chi connectivity index (χ3v) is 2.81. The number of hydrogen-bond acceptors (Lipinski definition) is 5. The Morgan fingerprint density at radius 2 is 2.35 bits per heavy atom. The van der Waals surface area contributed by atoms with Gasteiger partial charge in [0, 0.05) is 32.8 Å². The fourth-order valence-electron chi connectivity index (χ4n) is 1.91. The zero-order valence-electron chi connectivity index (χ0n) is 10.8. The van der Waals surface area contributed by atoms with Gasteiger partial charge >= 0.3 is 5.97 Å². The normalized spacial score (nSPS) is 21.4. The first-order valence-corrected chi connectivity index (χ1v) is 6.24. The Labute approximate surface area is 103 Å². The summed E-state index contributed by atoms with van der Waals surface area (Å²) in [5.41, 5.74) is 0. The molecular weight excluding hydrogens is 222 g/mol. The van der Waals surface area contributed by atoms with E-state index < -0.39 is 0 Å². The third-order valence-electron chi connectivity index (χ3n) is 2.81. The van der Waals surface area contributed by atoms with E-state index in [4.69, 9.17) is 9.47 Å². The molecule has 1 rings (SSSR count). The van der Waals surface area contributed by atoms with Crippen LogP contribution in [0.3, 0.4) is 0 Å². The van der Waals surface area contributed by atoms with E-state index in [9.17, 15) is 4.79 Å². The maximum absolute atomic E-state index is 11.1. The van der Waals surface area contributed by atoms with Gasteiger partial charge in [0.15, 0.2) is 0 Å². The molecule has 1 unspecified atom stereocenters. The van der Waals surface area contributed by atoms with Crippen LogP contribution in [-0.4, -0.2) is 63.5 Å². The minimum Gasteiger partial charge on any atom is -0.469 e. The molecular formula is C12H23NO4. The van der Waals surface area contributed by atoms with Gasteiger partial charge in [0.05, 0.1) is 26.2 Å². The van der Waals surface area contributed by atoms with Gasteiger partial charge in [-0.2, -0.15) is 0 Å². The van der Waals surface area contributed by atoms with E-state index in [0.717, 1.165) is 39.3 Å². The van der Waals surface area contributed by atoms with E-state index in [-0.39, 0.29) is 12.1 Å². The lowest BCUT2D eigenvalue weighted by molar-refractivity contribution is -0.145. The first-order chi connectivity index (χ1) is 8.26. The van der Waals surface area contributed by atoms with Crippen molar-refractivity contribution >= 4 is 5.97 Å². The Kier molecular flexibility index (Phi) is 7.16. The number of carbonyl (C=O) groups excluding carboxylic acids is 1. The molecule has 1 heterocycles. The van der Waals surface area contributed by atoms with Crippen LogP contribution in [0.5, 0.6) is 0 Å². The summed E-state index contributed by atoms with van der Waals surface area (Å²) in [6.45, 7) is 7.01. The molecule has 0 aromatic heterocycles. The van der Waals surface area contributed by atoms with Crippen LogP contribution < -0.4 is 0 Å². The van der Waals surface area contributed by atoms with Crippen LogP contribution in [0.1, 0.15) is 19.8 Å². The minimum absolute atomic E-state index is 0.0247. The smallest absolute Gasteiger partial charge is 0.308 e. The summed E-state index contributed by atoms with van der Waals surface area (Å²) in [6, 6.07) is 0. The molecule has 0 aromatic carbocycles. The van der Waals surface area contributed by atoms with Gasteiger partial charge in [-0.15, -0.1) is 0 Å². The van der Waals surface area contributed by atoms with Gasteiger partial charge < -0.3 is 14.2 Å². The van der Waals surface area contributed by atoms with E-state index in [1.165, 1.54) is 7.11 Å². The standard InChI is InChI=1S/C12H23NO4/c1-3-16-7-4-5-13-6-8-17-11(10-13)9-12(14)15-2/h11H,3-10H2,1-2H3. The van der Waals surface area contributed by atoms with Crippen LogP contribution in [0.4, 0.5) is 0 Å². The molecule has 1 fully saturated rings. The zero-order valence-corrected chi connectivity index (χ0v) is 10.8. The summed E-state index contributed by atoms with van der Waals surface area (Å²) >= 11 is 0. The fraction of sp³-hybridized carbons (Fsp3) is 0.917. The van der Waals surface area contributed by atoms with Gasteiger partial charge in [0.25, 0.3) is 0 Å². The molecule has 1 saturated heterocycles. The monoisotopic (exact) mass is 245 g/mol. The molecule has 1 aliphatic heterocycles. The number of nitrogens with zero attached hydrogens (tertiary/aromatic N) is 1. The first kappa shape index (κ1) is 14.4. The van der Waals surface area contributed by atoms with Crippen molar-refractivity contribution in [1.82, 2.24) is 4.90 Å². The highest BCUT2D eigenvalue weighted by atomic mass is 16.5. The Morgan fingerprint density at radius 1 is 1.53 bits per heavy atom. The first-order valence-electron chi connectivity index (χ1n) is 6.24. The maximum Gasteiger partial charge on any atom is 0.308 e. The lowest BCUT2D eigenvalue weighted by Gasteiger charge is -2.32. The van der Waals surface area contributed by atoms with Gasteiger partial charge in [0.1, 0.15) is 0 Å². The molecule has 17 heavy (non-hydrogen) atoms. The van der Waals surface area contributed by atoms with Crippen molar-refractivity contribution in [2.24, 2.45) is 0 Å². The molecule has 0 aliphatic carbocycles. The van der Waals surface area contributed by atoms with E-state index >= 15 is 0 Å². The lowest BCUT2D eigenvalue weighted by Crippen LogP contribution is -2.43. The lowest BCUT2D eigenvalue weighted by atomic mass is 10.2. The van der Waals surface area contributed by atoms with Crippen molar-refractivity contribution in [2.45, 2.75) is 25.9 Å². The molecule has 0 spiro atoms. The Bertz CT molecular complexity index is 223. The Balaban J connectivity index is 2.17. The molecule has 0 N–H and O–H groups in total. The van der Waals surface area contributed by atoms with Crippen LogP contribution in [-0.2, 0) is 19.0 Å². The van der Waals surface area contributed by atoms with Gasteiger partial charge in [0.2, 0.25) is 0 Å². The molecule has 0 saturated carbocycles. The summed E-state index contributed by atoms with van der Waals surface area (Å²) in [5, 5.41) is 0. The molecule has 1 aliphatic rings. The van der Waals surface area contributed by atoms with E-state index in [2.05, 4.69) is 9.64 Å². The average molecular weight is 245 g/mol. The second-order valence-electron chi connectivity index (χ2n) is 4.12. The van der Waals surface area contributed by atoms with Crippen molar-refractivity contribution in [3.05, 3.63) is 0 Å². The number of carbonyl (C=O) groups is 1. The van der Waals surface area contributed by atoms with Crippen molar-refractivity contribution < 1.29 is 19.0 Å². The van der Waals surface area contributed by atoms with E-state index in [1.54, 1.807) is 0 Å². The molecule has 0 amide bonds. The molecule has 0 bridgehead atoms. The number of rotatable bonds is 7. The van der Waals surface area contributed by atoms with Gasteiger partial charge in [-0.3, -0.25) is 9.69 Å². The molecule has 0 aromatic rings. The SMILES string of the molecule is CCOCCCN1CCOC(CC(=O)OC)C1. The highest BCUT2D eigenvalue weighted by Gasteiger charge is 2.22. The topological polar surface area (TPSA) is 48.0 Å². The summed E-state index contributed by atoms with van der Waals surface area (Å²) < 4.78 is 15.5. The summed E-state index contributed by atoms with van der Waals surface area (Å²) in [5.74, 6) is -0.203. The number of esters is 1. The predicted octanol–water partition coefficient (Wildman–Crippen LogP) is 0.677. The second-order valence-corrected chi connectivity index (χ2v) is 4.12. The van der Waals surface area contributed by atoms with Gasteiger partial charge in [-0.05, 0) is 13.3 Å². The number of morpholine rings is 1. The summed E-state index contributed by atoms with van der Waals surface area (Å²) in [7, 11) is 1.41. The van der Waals surface area contributed by atoms with E-state index in [1.807, 2.05) is 6.92 Å². The van der Waals surface area contributed by atoms with Crippen LogP contribution in [0, 0.1) is 0 Å².